The zero-order chi connectivity index (χ0) is 13.0. The van der Waals surface area contributed by atoms with Crippen molar-refractivity contribution in [3.8, 4) is 22.3 Å². The third kappa shape index (κ3) is 1.30. The van der Waals surface area contributed by atoms with Gasteiger partial charge in [0.2, 0.25) is 0 Å². The van der Waals surface area contributed by atoms with Crippen LogP contribution >= 0.6 is 0 Å². The zero-order valence-electron chi connectivity index (χ0n) is 11.1. The van der Waals surface area contributed by atoms with E-state index in [2.05, 4.69) is 73.6 Å². The van der Waals surface area contributed by atoms with Crippen LogP contribution in [0.3, 0.4) is 0 Å². The summed E-state index contributed by atoms with van der Waals surface area (Å²) in [5, 5.41) is 2.74. The zero-order valence-corrected chi connectivity index (χ0v) is 11.1. The van der Waals surface area contributed by atoms with Gasteiger partial charge in [0.15, 0.2) is 0 Å². The molecule has 0 spiro atoms. The molecule has 0 saturated heterocycles. The van der Waals surface area contributed by atoms with E-state index < -0.39 is 0 Å². The van der Waals surface area contributed by atoms with Crippen molar-refractivity contribution in [3.05, 3.63) is 54.6 Å². The molecule has 4 rings (SSSR count). The maximum absolute atomic E-state index is 2.26. The molecule has 1 nitrogen and oxygen atoms in total. The van der Waals surface area contributed by atoms with Gasteiger partial charge >= 0.3 is 0 Å². The predicted octanol–water partition coefficient (Wildman–Crippen LogP) is 4.55. The van der Waals surface area contributed by atoms with Crippen molar-refractivity contribution >= 4 is 16.5 Å². The van der Waals surface area contributed by atoms with E-state index in [1.807, 2.05) is 0 Å². The van der Waals surface area contributed by atoms with Crippen LogP contribution in [0.5, 0.6) is 0 Å². The van der Waals surface area contributed by atoms with E-state index in [1.165, 1.54) is 38.7 Å². The van der Waals surface area contributed by atoms with Gasteiger partial charge in [-0.25, -0.2) is 0 Å². The quantitative estimate of drug-likeness (QED) is 0.475. The lowest BCUT2D eigenvalue weighted by Gasteiger charge is -2.16. The highest BCUT2D eigenvalue weighted by molar-refractivity contribution is 6.18. The highest BCUT2D eigenvalue weighted by Gasteiger charge is 2.21. The fraction of sp³-hybridized carbons (Fsp3) is 0.111. The predicted molar refractivity (Wildman–Crippen MR) is 82.7 cm³/mol. The van der Waals surface area contributed by atoms with E-state index in [1.54, 1.807) is 0 Å². The molecule has 0 atom stereocenters. The van der Waals surface area contributed by atoms with Crippen molar-refractivity contribution < 1.29 is 0 Å². The second-order valence-electron chi connectivity index (χ2n) is 5.30. The number of benzene rings is 3. The number of anilines is 1. The van der Waals surface area contributed by atoms with Crippen LogP contribution in [0.2, 0.25) is 0 Å². The minimum absolute atomic E-state index is 1.29. The molecule has 0 N–H and O–H groups in total. The van der Waals surface area contributed by atoms with Gasteiger partial charge in [0.1, 0.15) is 0 Å². The molecular weight excluding hydrogens is 230 g/mol. The Morgan fingerprint density at radius 2 is 1.26 bits per heavy atom. The molecule has 3 aromatic carbocycles. The van der Waals surface area contributed by atoms with Crippen LogP contribution in [-0.4, -0.2) is 14.1 Å². The summed E-state index contributed by atoms with van der Waals surface area (Å²) in [4.78, 5) is 2.19. The van der Waals surface area contributed by atoms with Crippen LogP contribution in [-0.2, 0) is 0 Å². The van der Waals surface area contributed by atoms with Crippen molar-refractivity contribution in [2.45, 2.75) is 0 Å². The van der Waals surface area contributed by atoms with Crippen molar-refractivity contribution in [2.75, 3.05) is 19.0 Å². The van der Waals surface area contributed by atoms with Crippen LogP contribution in [0, 0.1) is 0 Å². The Morgan fingerprint density at radius 3 is 1.95 bits per heavy atom. The molecule has 1 heteroatoms. The van der Waals surface area contributed by atoms with Crippen LogP contribution in [0.25, 0.3) is 33.0 Å². The van der Waals surface area contributed by atoms with E-state index in [-0.39, 0.29) is 0 Å². The smallest absolute Gasteiger partial charge is 0.0441 e. The van der Waals surface area contributed by atoms with Gasteiger partial charge in [-0.3, -0.25) is 0 Å². The fourth-order valence-electron chi connectivity index (χ4n) is 3.18. The Labute approximate surface area is 113 Å². The lowest BCUT2D eigenvalue weighted by Crippen LogP contribution is -2.08. The molecule has 0 unspecified atom stereocenters. The van der Waals surface area contributed by atoms with E-state index in [0.717, 1.165) is 0 Å². The second kappa shape index (κ2) is 3.61. The molecule has 92 valence electrons. The summed E-state index contributed by atoms with van der Waals surface area (Å²) in [6, 6.07) is 19.8. The average Bonchev–Trinajstić information content (AvgIpc) is 2.76. The minimum atomic E-state index is 1.29. The van der Waals surface area contributed by atoms with Crippen LogP contribution < -0.4 is 4.90 Å². The molecule has 19 heavy (non-hydrogen) atoms. The fourth-order valence-corrected chi connectivity index (χ4v) is 3.18. The molecule has 0 radical (unpaired) electrons. The minimum Gasteiger partial charge on any atom is -0.377 e. The van der Waals surface area contributed by atoms with E-state index in [0.29, 0.717) is 0 Å². The van der Waals surface area contributed by atoms with E-state index in [4.69, 9.17) is 0 Å². The third-order valence-electron chi connectivity index (χ3n) is 4.01. The Morgan fingerprint density at radius 1 is 0.632 bits per heavy atom. The van der Waals surface area contributed by atoms with Crippen LogP contribution in [0.1, 0.15) is 0 Å². The Balaban J connectivity index is 2.20. The van der Waals surface area contributed by atoms with Gasteiger partial charge in [0.25, 0.3) is 0 Å². The molecule has 0 heterocycles. The molecule has 0 fully saturated rings. The van der Waals surface area contributed by atoms with Gasteiger partial charge in [0, 0.05) is 25.2 Å². The Kier molecular flexibility index (Phi) is 2.02. The SMILES string of the molecule is CN(C)c1ccc2c3c(cccc13)-c1ccccc1-2. The highest BCUT2D eigenvalue weighted by Crippen LogP contribution is 2.48. The summed E-state index contributed by atoms with van der Waals surface area (Å²) in [6.45, 7) is 0. The van der Waals surface area contributed by atoms with Gasteiger partial charge < -0.3 is 4.90 Å². The normalized spacial score (nSPS) is 11.7. The molecule has 0 saturated carbocycles. The largest absolute Gasteiger partial charge is 0.377 e. The van der Waals surface area contributed by atoms with Crippen LogP contribution in [0.15, 0.2) is 54.6 Å². The van der Waals surface area contributed by atoms with Crippen molar-refractivity contribution in [3.63, 3.8) is 0 Å². The number of rotatable bonds is 1. The maximum atomic E-state index is 2.26. The topological polar surface area (TPSA) is 3.24 Å². The molecule has 0 aromatic heterocycles. The summed E-state index contributed by atoms with van der Waals surface area (Å²) in [7, 11) is 4.21. The van der Waals surface area contributed by atoms with Gasteiger partial charge in [0.05, 0.1) is 0 Å². The monoisotopic (exact) mass is 245 g/mol. The lowest BCUT2D eigenvalue weighted by molar-refractivity contribution is 1.14. The van der Waals surface area contributed by atoms with E-state index in [9.17, 15) is 0 Å². The Hall–Kier alpha value is -2.28. The van der Waals surface area contributed by atoms with Gasteiger partial charge in [-0.05, 0) is 33.7 Å². The lowest BCUT2D eigenvalue weighted by atomic mass is 10.0. The molecule has 0 aliphatic heterocycles. The molecule has 1 aliphatic carbocycles. The molecule has 0 bridgehead atoms. The van der Waals surface area contributed by atoms with Gasteiger partial charge in [-0.15, -0.1) is 0 Å². The summed E-state index contributed by atoms with van der Waals surface area (Å²) in [5.41, 5.74) is 6.74. The maximum Gasteiger partial charge on any atom is 0.0441 e. The molecule has 1 aliphatic rings. The number of nitrogens with zero attached hydrogens (tertiary/aromatic N) is 1. The van der Waals surface area contributed by atoms with Crippen LogP contribution in [0.4, 0.5) is 5.69 Å². The summed E-state index contributed by atoms with van der Waals surface area (Å²) in [5.74, 6) is 0. The number of fused-ring (bicyclic) bond motifs is 3. The van der Waals surface area contributed by atoms with Crippen molar-refractivity contribution in [1.29, 1.82) is 0 Å². The van der Waals surface area contributed by atoms with E-state index >= 15 is 0 Å². The first-order valence-electron chi connectivity index (χ1n) is 6.60. The molecular formula is C18H15N. The van der Waals surface area contributed by atoms with Crippen molar-refractivity contribution in [2.24, 2.45) is 0 Å². The summed E-state index contributed by atoms with van der Waals surface area (Å²) in [6.07, 6.45) is 0. The second-order valence-corrected chi connectivity index (χ2v) is 5.30. The molecule has 0 amide bonds. The summed E-state index contributed by atoms with van der Waals surface area (Å²) < 4.78 is 0. The third-order valence-corrected chi connectivity index (χ3v) is 4.01. The van der Waals surface area contributed by atoms with Gasteiger partial charge in [-0.2, -0.15) is 0 Å². The Bertz CT molecular complexity index is 771. The van der Waals surface area contributed by atoms with Gasteiger partial charge in [-0.1, -0.05) is 48.5 Å². The summed E-state index contributed by atoms with van der Waals surface area (Å²) >= 11 is 0. The standard InChI is InChI=1S/C18H15N/c1-19(2)17-11-10-15-13-7-4-3-6-12(13)14-8-5-9-16(17)18(14)15/h3-11H,1-2H3. The average molecular weight is 245 g/mol. The number of hydrogen-bond acceptors (Lipinski definition) is 1. The first kappa shape index (κ1) is 10.6. The first-order valence-corrected chi connectivity index (χ1v) is 6.60. The highest BCUT2D eigenvalue weighted by atomic mass is 15.1. The molecule has 3 aromatic rings. The van der Waals surface area contributed by atoms with Crippen molar-refractivity contribution in [1.82, 2.24) is 0 Å². The number of hydrogen-bond donors (Lipinski definition) is 0. The first-order chi connectivity index (χ1) is 9.27.